The quantitative estimate of drug-likeness (QED) is 0.513. The number of carbonyl (C=O) groups excluding carboxylic acids is 1. The van der Waals surface area contributed by atoms with Crippen molar-refractivity contribution in [2.24, 2.45) is 0 Å². The van der Waals surface area contributed by atoms with Crippen molar-refractivity contribution in [3.63, 3.8) is 0 Å². The first-order valence-electron chi connectivity index (χ1n) is 11.3. The van der Waals surface area contributed by atoms with Gasteiger partial charge in [-0.2, -0.15) is 0 Å². The zero-order valence-electron chi connectivity index (χ0n) is 19.0. The maximum atomic E-state index is 13.4. The monoisotopic (exact) mass is 440 g/mol. The third-order valence-electron chi connectivity index (χ3n) is 6.36. The summed E-state index contributed by atoms with van der Waals surface area (Å²) in [4.78, 5) is 18.2. The molecule has 0 saturated carbocycles. The Labute approximate surface area is 193 Å². The van der Waals surface area contributed by atoms with Crippen LogP contribution in [0.5, 0.6) is 0 Å². The lowest BCUT2D eigenvalue weighted by atomic mass is 9.99. The van der Waals surface area contributed by atoms with Crippen molar-refractivity contribution >= 4 is 17.2 Å². The summed E-state index contributed by atoms with van der Waals surface area (Å²) in [6, 6.07) is 18.1. The number of piperazine rings is 1. The van der Waals surface area contributed by atoms with Gasteiger partial charge in [-0.3, -0.25) is 14.1 Å². The normalized spacial score (nSPS) is 15.1. The second kappa shape index (κ2) is 9.13. The molecule has 0 spiro atoms. The van der Waals surface area contributed by atoms with E-state index in [-0.39, 0.29) is 5.91 Å². The number of nitrogens with zero attached hydrogens (tertiary/aromatic N) is 5. The van der Waals surface area contributed by atoms with Gasteiger partial charge >= 0.3 is 0 Å². The molecule has 3 heterocycles. The number of carbonyl (C=O) groups is 1. The van der Waals surface area contributed by atoms with Crippen LogP contribution in [0.4, 0.5) is 5.69 Å². The fourth-order valence-electron chi connectivity index (χ4n) is 4.40. The first-order chi connectivity index (χ1) is 16.1. The van der Waals surface area contributed by atoms with E-state index in [2.05, 4.69) is 50.6 Å². The summed E-state index contributed by atoms with van der Waals surface area (Å²) in [6.07, 6.45) is 3.67. The van der Waals surface area contributed by atoms with Crippen LogP contribution in [0.25, 0.3) is 16.8 Å². The van der Waals surface area contributed by atoms with E-state index in [0.717, 1.165) is 60.7 Å². The van der Waals surface area contributed by atoms with Crippen molar-refractivity contribution in [1.82, 2.24) is 24.4 Å². The highest BCUT2D eigenvalue weighted by atomic mass is 16.1. The molecule has 0 bridgehead atoms. The number of benzene rings is 2. The molecule has 0 aliphatic carbocycles. The van der Waals surface area contributed by atoms with Crippen LogP contribution in [-0.4, -0.2) is 63.5 Å². The Kier molecular flexibility index (Phi) is 5.90. The van der Waals surface area contributed by atoms with Crippen LogP contribution in [0, 0.1) is 6.92 Å². The number of likely N-dealkylation sites (N-methyl/N-ethyl adjacent to an activating group) is 1. The zero-order chi connectivity index (χ0) is 22.8. The maximum absolute atomic E-state index is 13.4. The molecule has 0 atom stereocenters. The Bertz CT molecular complexity index is 1270. The smallest absolute Gasteiger partial charge is 0.259 e. The van der Waals surface area contributed by atoms with Crippen molar-refractivity contribution in [3.05, 3.63) is 83.8 Å². The van der Waals surface area contributed by atoms with Crippen molar-refractivity contribution in [2.45, 2.75) is 13.5 Å². The summed E-state index contributed by atoms with van der Waals surface area (Å²) in [7, 11) is 2.15. The van der Waals surface area contributed by atoms with Gasteiger partial charge in [-0.05, 0) is 48.4 Å². The molecule has 4 aromatic rings. The maximum Gasteiger partial charge on any atom is 0.259 e. The minimum Gasteiger partial charge on any atom is -0.322 e. The number of amides is 1. The minimum absolute atomic E-state index is 0.179. The predicted octanol–water partition coefficient (Wildman–Crippen LogP) is 3.70. The first kappa shape index (κ1) is 21.3. The Morgan fingerprint density at radius 2 is 1.82 bits per heavy atom. The molecule has 168 valence electrons. The molecule has 1 aliphatic rings. The molecule has 1 saturated heterocycles. The second-order valence-electron chi connectivity index (χ2n) is 8.70. The molecule has 7 heteroatoms. The number of hydrogen-bond donors (Lipinski definition) is 1. The number of aromatic nitrogens is 3. The highest BCUT2D eigenvalue weighted by molar-refractivity contribution is 6.09. The van der Waals surface area contributed by atoms with Crippen LogP contribution in [0.2, 0.25) is 0 Å². The highest BCUT2D eigenvalue weighted by Crippen LogP contribution is 2.29. The van der Waals surface area contributed by atoms with E-state index in [4.69, 9.17) is 0 Å². The van der Waals surface area contributed by atoms with Gasteiger partial charge in [-0.15, -0.1) is 10.2 Å². The van der Waals surface area contributed by atoms with E-state index < -0.39 is 0 Å². The molecule has 1 N–H and O–H groups in total. The highest BCUT2D eigenvalue weighted by Gasteiger charge is 2.19. The molecule has 7 nitrogen and oxygen atoms in total. The fraction of sp³-hybridized carbons (Fsp3) is 0.269. The van der Waals surface area contributed by atoms with Gasteiger partial charge in [0.1, 0.15) is 6.33 Å². The SMILES string of the molecule is Cc1c(NC(=O)c2cc(CN3CCN(C)CC3)cn3cnnc23)cccc1-c1ccccc1. The molecule has 2 aromatic carbocycles. The summed E-state index contributed by atoms with van der Waals surface area (Å²) >= 11 is 0. The minimum atomic E-state index is -0.179. The van der Waals surface area contributed by atoms with Crippen LogP contribution in [-0.2, 0) is 6.54 Å². The van der Waals surface area contributed by atoms with Crippen molar-refractivity contribution in [2.75, 3.05) is 38.5 Å². The van der Waals surface area contributed by atoms with Gasteiger partial charge in [0.25, 0.3) is 5.91 Å². The van der Waals surface area contributed by atoms with Crippen molar-refractivity contribution in [1.29, 1.82) is 0 Å². The fourth-order valence-corrected chi connectivity index (χ4v) is 4.40. The van der Waals surface area contributed by atoms with E-state index in [1.54, 1.807) is 6.33 Å². The van der Waals surface area contributed by atoms with E-state index >= 15 is 0 Å². The van der Waals surface area contributed by atoms with Gasteiger partial charge in [0, 0.05) is 44.6 Å². The largest absolute Gasteiger partial charge is 0.322 e. The van der Waals surface area contributed by atoms with E-state index in [9.17, 15) is 4.79 Å². The summed E-state index contributed by atoms with van der Waals surface area (Å²) in [5.41, 5.74) is 6.22. The summed E-state index contributed by atoms with van der Waals surface area (Å²) in [5, 5.41) is 11.3. The average Bonchev–Trinajstić information content (AvgIpc) is 3.30. The molecule has 1 fully saturated rings. The molecule has 5 rings (SSSR count). The molecule has 0 radical (unpaired) electrons. The third kappa shape index (κ3) is 4.51. The van der Waals surface area contributed by atoms with Crippen LogP contribution >= 0.6 is 0 Å². The number of rotatable bonds is 5. The van der Waals surface area contributed by atoms with Gasteiger partial charge in [-0.25, -0.2) is 0 Å². The van der Waals surface area contributed by atoms with Crippen molar-refractivity contribution in [3.8, 4) is 11.1 Å². The van der Waals surface area contributed by atoms with Crippen LogP contribution in [0.15, 0.2) is 67.1 Å². The molecule has 33 heavy (non-hydrogen) atoms. The van der Waals surface area contributed by atoms with Gasteiger partial charge in [0.05, 0.1) is 5.56 Å². The summed E-state index contributed by atoms with van der Waals surface area (Å²) < 4.78 is 1.84. The van der Waals surface area contributed by atoms with Crippen LogP contribution < -0.4 is 5.32 Å². The van der Waals surface area contributed by atoms with E-state index in [0.29, 0.717) is 11.2 Å². The average molecular weight is 441 g/mol. The number of fused-ring (bicyclic) bond motifs is 1. The lowest BCUT2D eigenvalue weighted by Crippen LogP contribution is -2.43. The Balaban J connectivity index is 1.42. The number of pyridine rings is 1. The topological polar surface area (TPSA) is 65.8 Å². The van der Waals surface area contributed by atoms with E-state index in [1.165, 1.54) is 0 Å². The molecular formula is C26H28N6O. The van der Waals surface area contributed by atoms with E-state index in [1.807, 2.05) is 53.9 Å². The number of hydrogen-bond acceptors (Lipinski definition) is 5. The van der Waals surface area contributed by atoms with Gasteiger partial charge in [0.2, 0.25) is 0 Å². The number of nitrogens with one attached hydrogen (secondary N) is 1. The third-order valence-corrected chi connectivity index (χ3v) is 6.36. The predicted molar refractivity (Wildman–Crippen MR) is 130 cm³/mol. The Morgan fingerprint density at radius 3 is 2.61 bits per heavy atom. The van der Waals surface area contributed by atoms with Gasteiger partial charge in [-0.1, -0.05) is 42.5 Å². The van der Waals surface area contributed by atoms with Crippen molar-refractivity contribution < 1.29 is 4.79 Å². The second-order valence-corrected chi connectivity index (χ2v) is 8.70. The molecule has 1 amide bonds. The van der Waals surface area contributed by atoms with Gasteiger partial charge in [0.15, 0.2) is 5.65 Å². The molecule has 0 unspecified atom stereocenters. The zero-order valence-corrected chi connectivity index (χ0v) is 19.0. The van der Waals surface area contributed by atoms with Gasteiger partial charge < -0.3 is 10.2 Å². The molecule has 1 aliphatic heterocycles. The standard InChI is InChI=1S/C26H28N6O/c1-19-22(21-7-4-3-5-8-21)9-6-10-24(19)28-26(33)23-15-20(17-32-18-27-29-25(23)32)16-31-13-11-30(2)12-14-31/h3-10,15,17-18H,11-14,16H2,1-2H3,(H,28,33). The summed E-state index contributed by atoms with van der Waals surface area (Å²) in [6.45, 7) is 6.98. The molecule has 2 aromatic heterocycles. The lowest BCUT2D eigenvalue weighted by molar-refractivity contribution is 0.102. The summed E-state index contributed by atoms with van der Waals surface area (Å²) in [5.74, 6) is -0.179. The lowest BCUT2D eigenvalue weighted by Gasteiger charge is -2.32. The molecular weight excluding hydrogens is 412 g/mol. The Morgan fingerprint density at radius 1 is 1.03 bits per heavy atom. The first-order valence-corrected chi connectivity index (χ1v) is 11.3. The van der Waals surface area contributed by atoms with Crippen LogP contribution in [0.3, 0.4) is 0 Å². The van der Waals surface area contributed by atoms with Crippen LogP contribution in [0.1, 0.15) is 21.5 Å². The number of anilines is 1. The Hall–Kier alpha value is -3.55.